The highest BCUT2D eigenvalue weighted by Crippen LogP contribution is 2.13. The Balaban J connectivity index is 2.85. The zero-order valence-electron chi connectivity index (χ0n) is 8.37. The molecule has 6 heteroatoms. The van der Waals surface area contributed by atoms with E-state index in [9.17, 15) is 9.59 Å². The first kappa shape index (κ1) is 10.9. The van der Waals surface area contributed by atoms with E-state index in [-0.39, 0.29) is 18.6 Å². The fourth-order valence-corrected chi connectivity index (χ4v) is 1.73. The Hall–Kier alpha value is -1.59. The van der Waals surface area contributed by atoms with Crippen LogP contribution in [0.5, 0.6) is 0 Å². The molecule has 0 saturated heterocycles. The molecule has 0 aliphatic heterocycles. The minimum Gasteiger partial charge on any atom is -0.329 e. The maximum Gasteiger partial charge on any atom is 0.328 e. The number of aromatic nitrogens is 2. The van der Waals surface area contributed by atoms with Gasteiger partial charge >= 0.3 is 5.69 Å². The van der Waals surface area contributed by atoms with Crippen molar-refractivity contribution in [1.82, 2.24) is 9.55 Å². The van der Waals surface area contributed by atoms with Crippen molar-refractivity contribution in [1.29, 1.82) is 0 Å². The van der Waals surface area contributed by atoms with Crippen LogP contribution in [0.4, 0.5) is 0 Å². The van der Waals surface area contributed by atoms with Gasteiger partial charge in [0.15, 0.2) is 0 Å². The molecular weight excluding hydrogens is 230 g/mol. The predicted octanol–water partition coefficient (Wildman–Crippen LogP) is 0.302. The molecule has 1 heterocycles. The minimum absolute atomic E-state index is 0.191. The van der Waals surface area contributed by atoms with Gasteiger partial charge in [-0.05, 0) is 18.2 Å². The first-order valence-corrected chi connectivity index (χ1v) is 5.13. The Labute approximate surface area is 95.5 Å². The molecule has 0 bridgehead atoms. The summed E-state index contributed by atoms with van der Waals surface area (Å²) in [5.74, 6) is 0. The highest BCUT2D eigenvalue weighted by Gasteiger charge is 2.06. The van der Waals surface area contributed by atoms with Crippen LogP contribution in [-0.4, -0.2) is 16.1 Å². The van der Waals surface area contributed by atoms with Crippen molar-refractivity contribution >= 4 is 22.5 Å². The van der Waals surface area contributed by atoms with Crippen molar-refractivity contribution in [2.45, 2.75) is 6.54 Å². The molecule has 1 aromatic carbocycles. The van der Waals surface area contributed by atoms with Crippen LogP contribution in [0.1, 0.15) is 0 Å². The third kappa shape index (κ3) is 1.75. The van der Waals surface area contributed by atoms with Gasteiger partial charge in [0.2, 0.25) is 0 Å². The highest BCUT2D eigenvalue weighted by molar-refractivity contribution is 6.31. The Kier molecular flexibility index (Phi) is 2.80. The molecule has 2 aromatic rings. The lowest BCUT2D eigenvalue weighted by Crippen LogP contribution is -2.37. The van der Waals surface area contributed by atoms with Crippen molar-refractivity contribution in [2.75, 3.05) is 6.54 Å². The summed E-state index contributed by atoms with van der Waals surface area (Å²) < 4.78 is 1.07. The fourth-order valence-electron chi connectivity index (χ4n) is 1.55. The number of nitrogens with zero attached hydrogens (tertiary/aromatic N) is 1. The van der Waals surface area contributed by atoms with Gasteiger partial charge in [-0.2, -0.15) is 0 Å². The summed E-state index contributed by atoms with van der Waals surface area (Å²) >= 11 is 5.79. The smallest absolute Gasteiger partial charge is 0.328 e. The lowest BCUT2D eigenvalue weighted by molar-refractivity contribution is 0.646. The zero-order chi connectivity index (χ0) is 11.7. The van der Waals surface area contributed by atoms with Crippen molar-refractivity contribution in [2.24, 2.45) is 5.73 Å². The van der Waals surface area contributed by atoms with Crippen molar-refractivity contribution in [3.8, 4) is 0 Å². The predicted molar refractivity (Wildman–Crippen MR) is 62.9 cm³/mol. The molecule has 0 aliphatic rings. The third-order valence-corrected chi connectivity index (χ3v) is 2.53. The van der Waals surface area contributed by atoms with Gasteiger partial charge in [0.1, 0.15) is 0 Å². The second-order valence-corrected chi connectivity index (χ2v) is 3.80. The third-order valence-electron chi connectivity index (χ3n) is 2.30. The number of hydrogen-bond acceptors (Lipinski definition) is 3. The standard InChI is InChI=1S/C10H10ClN3O2/c11-6-1-2-8-7(5-6)9(15)14(4-3-12)10(16)13-8/h1-2,5H,3-4,12H2,(H,13,16). The first-order chi connectivity index (χ1) is 7.63. The van der Waals surface area contributed by atoms with Crippen LogP contribution < -0.4 is 17.0 Å². The first-order valence-electron chi connectivity index (χ1n) is 4.76. The van der Waals surface area contributed by atoms with Gasteiger partial charge in [0, 0.05) is 18.1 Å². The number of H-pyrrole nitrogens is 1. The van der Waals surface area contributed by atoms with Crippen molar-refractivity contribution in [3.05, 3.63) is 44.1 Å². The van der Waals surface area contributed by atoms with Gasteiger partial charge in [-0.25, -0.2) is 4.79 Å². The molecular formula is C10H10ClN3O2. The lowest BCUT2D eigenvalue weighted by Gasteiger charge is -2.04. The average Bonchev–Trinajstić information content (AvgIpc) is 2.26. The van der Waals surface area contributed by atoms with E-state index >= 15 is 0 Å². The Morgan fingerprint density at radius 1 is 1.38 bits per heavy atom. The lowest BCUT2D eigenvalue weighted by atomic mass is 10.2. The largest absolute Gasteiger partial charge is 0.329 e. The van der Waals surface area contributed by atoms with E-state index in [1.807, 2.05) is 0 Å². The number of nitrogens with two attached hydrogens (primary N) is 1. The summed E-state index contributed by atoms with van der Waals surface area (Å²) in [4.78, 5) is 26.1. The Morgan fingerprint density at radius 3 is 2.81 bits per heavy atom. The van der Waals surface area contributed by atoms with Crippen molar-refractivity contribution in [3.63, 3.8) is 0 Å². The minimum atomic E-state index is -0.453. The molecule has 0 radical (unpaired) electrons. The molecule has 0 amide bonds. The van der Waals surface area contributed by atoms with Crippen LogP contribution >= 0.6 is 11.6 Å². The molecule has 5 nitrogen and oxygen atoms in total. The summed E-state index contributed by atoms with van der Waals surface area (Å²) in [5, 5.41) is 0.844. The average molecular weight is 240 g/mol. The van der Waals surface area contributed by atoms with Crippen LogP contribution in [0.25, 0.3) is 10.9 Å². The van der Waals surface area contributed by atoms with E-state index in [0.717, 1.165) is 4.57 Å². The van der Waals surface area contributed by atoms with E-state index in [1.165, 1.54) is 6.07 Å². The van der Waals surface area contributed by atoms with Gasteiger partial charge in [-0.1, -0.05) is 11.6 Å². The molecule has 1 aromatic heterocycles. The fraction of sp³-hybridized carbons (Fsp3) is 0.200. The monoisotopic (exact) mass is 239 g/mol. The number of fused-ring (bicyclic) bond motifs is 1. The molecule has 16 heavy (non-hydrogen) atoms. The van der Waals surface area contributed by atoms with Crippen LogP contribution in [0.3, 0.4) is 0 Å². The number of halogens is 1. The quantitative estimate of drug-likeness (QED) is 0.791. The van der Waals surface area contributed by atoms with Gasteiger partial charge in [-0.3, -0.25) is 9.36 Å². The van der Waals surface area contributed by atoms with Gasteiger partial charge in [0.05, 0.1) is 10.9 Å². The van der Waals surface area contributed by atoms with Gasteiger partial charge in [-0.15, -0.1) is 0 Å². The molecule has 84 valence electrons. The SMILES string of the molecule is NCCn1c(=O)[nH]c2ccc(Cl)cc2c1=O. The summed E-state index contributed by atoms with van der Waals surface area (Å²) in [7, 11) is 0. The molecule has 0 aliphatic carbocycles. The van der Waals surface area contributed by atoms with Crippen LogP contribution in [0, 0.1) is 0 Å². The summed E-state index contributed by atoms with van der Waals surface area (Å²) in [6.07, 6.45) is 0. The summed E-state index contributed by atoms with van der Waals surface area (Å²) in [5.41, 5.74) is 4.99. The maximum atomic E-state index is 11.9. The van der Waals surface area contributed by atoms with Crippen LogP contribution in [0.15, 0.2) is 27.8 Å². The summed E-state index contributed by atoms with van der Waals surface area (Å²) in [6, 6.07) is 4.75. The molecule has 0 unspecified atom stereocenters. The van der Waals surface area contributed by atoms with E-state index in [1.54, 1.807) is 12.1 Å². The number of rotatable bonds is 2. The molecule has 0 fully saturated rings. The Bertz CT molecular complexity index is 645. The topological polar surface area (TPSA) is 80.9 Å². The number of aromatic amines is 1. The molecule has 0 atom stereocenters. The summed E-state index contributed by atoms with van der Waals surface area (Å²) in [6.45, 7) is 0.422. The number of nitrogens with one attached hydrogen (secondary N) is 1. The van der Waals surface area contributed by atoms with E-state index < -0.39 is 5.69 Å². The zero-order valence-corrected chi connectivity index (χ0v) is 9.12. The number of benzene rings is 1. The molecule has 2 rings (SSSR count). The second kappa shape index (κ2) is 4.11. The molecule has 0 saturated carbocycles. The number of hydrogen-bond donors (Lipinski definition) is 2. The van der Waals surface area contributed by atoms with Crippen LogP contribution in [-0.2, 0) is 6.54 Å². The van der Waals surface area contributed by atoms with E-state index in [0.29, 0.717) is 15.9 Å². The highest BCUT2D eigenvalue weighted by atomic mass is 35.5. The maximum absolute atomic E-state index is 11.9. The molecule has 0 spiro atoms. The van der Waals surface area contributed by atoms with E-state index in [2.05, 4.69) is 4.98 Å². The van der Waals surface area contributed by atoms with Gasteiger partial charge in [0.25, 0.3) is 5.56 Å². The van der Waals surface area contributed by atoms with E-state index in [4.69, 9.17) is 17.3 Å². The van der Waals surface area contributed by atoms with Crippen LogP contribution in [0.2, 0.25) is 5.02 Å². The second-order valence-electron chi connectivity index (χ2n) is 3.37. The van der Waals surface area contributed by atoms with Gasteiger partial charge < -0.3 is 10.7 Å². The van der Waals surface area contributed by atoms with Crippen molar-refractivity contribution < 1.29 is 0 Å². The normalized spacial score (nSPS) is 10.9. The molecule has 3 N–H and O–H groups in total. The Morgan fingerprint density at radius 2 is 2.12 bits per heavy atom.